The zero-order chi connectivity index (χ0) is 20.1. The molecule has 2 N–H and O–H groups in total. The first-order chi connectivity index (χ1) is 14.2. The minimum atomic E-state index is -0.123. The molecule has 3 heterocycles. The minimum absolute atomic E-state index is 0.0701. The van der Waals surface area contributed by atoms with Crippen LogP contribution in [0, 0.1) is 0 Å². The number of nitrogens with zero attached hydrogens (tertiary/aromatic N) is 2. The number of benzene rings is 1. The molecule has 0 aliphatic carbocycles. The summed E-state index contributed by atoms with van der Waals surface area (Å²) in [6, 6.07) is 14.0. The van der Waals surface area contributed by atoms with E-state index in [9.17, 15) is 9.59 Å². The molecule has 29 heavy (non-hydrogen) atoms. The van der Waals surface area contributed by atoms with Gasteiger partial charge in [-0.05, 0) is 29.9 Å². The Kier molecular flexibility index (Phi) is 6.21. The van der Waals surface area contributed by atoms with E-state index >= 15 is 0 Å². The highest BCUT2D eigenvalue weighted by molar-refractivity contribution is 7.14. The second-order valence-corrected chi connectivity index (χ2v) is 8.68. The first-order valence-electron chi connectivity index (χ1n) is 9.55. The third-order valence-corrected chi connectivity index (χ3v) is 6.59. The van der Waals surface area contributed by atoms with Crippen LogP contribution in [-0.4, -0.2) is 30.0 Å². The maximum Gasteiger partial charge on any atom is 0.323 e. The number of aromatic nitrogens is 1. The Morgan fingerprint density at radius 2 is 2.07 bits per heavy atom. The Morgan fingerprint density at radius 3 is 2.83 bits per heavy atom. The minimum Gasteiger partial charge on any atom is -0.348 e. The van der Waals surface area contributed by atoms with Crippen LogP contribution < -0.4 is 15.5 Å². The van der Waals surface area contributed by atoms with Gasteiger partial charge in [0.2, 0.25) is 5.91 Å². The third kappa shape index (κ3) is 5.02. The number of nitrogens with one attached hydrogen (secondary N) is 2. The van der Waals surface area contributed by atoms with Crippen molar-refractivity contribution in [3.63, 3.8) is 0 Å². The Balaban J connectivity index is 1.41. The number of urea groups is 1. The number of hydrogen-bond donors (Lipinski definition) is 2. The average molecular weight is 427 g/mol. The second kappa shape index (κ2) is 9.19. The quantitative estimate of drug-likeness (QED) is 0.604. The van der Waals surface area contributed by atoms with Gasteiger partial charge in [-0.25, -0.2) is 9.78 Å². The lowest BCUT2D eigenvalue weighted by Crippen LogP contribution is -2.46. The SMILES string of the molecule is O=C(Cc1csc(N2CCCNC2=O)n1)NC(Cc1ccccc1)c1cccs1. The first-order valence-corrected chi connectivity index (χ1v) is 11.3. The van der Waals surface area contributed by atoms with Gasteiger partial charge in [-0.15, -0.1) is 22.7 Å². The summed E-state index contributed by atoms with van der Waals surface area (Å²) in [5.41, 5.74) is 1.86. The van der Waals surface area contributed by atoms with Gasteiger partial charge in [-0.2, -0.15) is 0 Å². The molecule has 8 heteroatoms. The fourth-order valence-electron chi connectivity index (χ4n) is 3.29. The number of carbonyl (C=O) groups excluding carboxylic acids is 2. The Hall–Kier alpha value is -2.71. The first kappa shape index (κ1) is 19.6. The van der Waals surface area contributed by atoms with E-state index in [0.29, 0.717) is 23.9 Å². The van der Waals surface area contributed by atoms with Gasteiger partial charge in [0.15, 0.2) is 5.13 Å². The highest BCUT2D eigenvalue weighted by atomic mass is 32.1. The monoisotopic (exact) mass is 426 g/mol. The summed E-state index contributed by atoms with van der Waals surface area (Å²) in [4.78, 5) is 32.0. The van der Waals surface area contributed by atoms with Crippen molar-refractivity contribution in [2.45, 2.75) is 25.3 Å². The van der Waals surface area contributed by atoms with Gasteiger partial charge in [0.05, 0.1) is 18.2 Å². The predicted molar refractivity (Wildman–Crippen MR) is 117 cm³/mol. The molecule has 1 saturated heterocycles. The second-order valence-electron chi connectivity index (χ2n) is 6.86. The summed E-state index contributed by atoms with van der Waals surface area (Å²) >= 11 is 3.04. The molecule has 150 valence electrons. The average Bonchev–Trinajstić information content (AvgIpc) is 3.41. The van der Waals surface area contributed by atoms with E-state index in [-0.39, 0.29) is 24.4 Å². The molecule has 0 spiro atoms. The molecule has 0 radical (unpaired) electrons. The molecule has 0 bridgehead atoms. The Bertz CT molecular complexity index is 956. The number of hydrogen-bond acceptors (Lipinski definition) is 5. The number of thiazole rings is 1. The van der Waals surface area contributed by atoms with Gasteiger partial charge in [0, 0.05) is 23.3 Å². The molecular weight excluding hydrogens is 404 g/mol. The Labute approximate surface area is 177 Å². The van der Waals surface area contributed by atoms with Gasteiger partial charge in [-0.1, -0.05) is 36.4 Å². The highest BCUT2D eigenvalue weighted by Crippen LogP contribution is 2.25. The number of carbonyl (C=O) groups is 2. The van der Waals surface area contributed by atoms with E-state index in [1.807, 2.05) is 35.0 Å². The highest BCUT2D eigenvalue weighted by Gasteiger charge is 2.23. The van der Waals surface area contributed by atoms with Crippen LogP contribution >= 0.6 is 22.7 Å². The summed E-state index contributed by atoms with van der Waals surface area (Å²) in [7, 11) is 0. The number of thiophene rings is 1. The number of amides is 3. The van der Waals surface area contributed by atoms with Crippen LogP contribution in [0.15, 0.2) is 53.2 Å². The van der Waals surface area contributed by atoms with Crippen LogP contribution in [0.3, 0.4) is 0 Å². The molecule has 0 saturated carbocycles. The van der Waals surface area contributed by atoms with Gasteiger partial charge in [0.25, 0.3) is 0 Å². The molecular formula is C21H22N4O2S2. The lowest BCUT2D eigenvalue weighted by molar-refractivity contribution is -0.121. The fraction of sp³-hybridized carbons (Fsp3) is 0.286. The molecule has 1 unspecified atom stereocenters. The van der Waals surface area contributed by atoms with Gasteiger partial charge < -0.3 is 10.6 Å². The van der Waals surface area contributed by atoms with Crippen LogP contribution in [0.5, 0.6) is 0 Å². The molecule has 1 aliphatic rings. The Morgan fingerprint density at radius 1 is 1.21 bits per heavy atom. The number of rotatable bonds is 7. The van der Waals surface area contributed by atoms with Gasteiger partial charge in [0.1, 0.15) is 0 Å². The smallest absolute Gasteiger partial charge is 0.323 e. The van der Waals surface area contributed by atoms with E-state index in [1.54, 1.807) is 16.2 Å². The molecule has 1 aromatic carbocycles. The maximum absolute atomic E-state index is 12.7. The van der Waals surface area contributed by atoms with E-state index in [2.05, 4.69) is 33.8 Å². The van der Waals surface area contributed by atoms with Crippen LogP contribution in [0.1, 0.15) is 28.6 Å². The van der Waals surface area contributed by atoms with E-state index in [0.717, 1.165) is 17.7 Å². The predicted octanol–water partition coefficient (Wildman–Crippen LogP) is 3.77. The third-order valence-electron chi connectivity index (χ3n) is 4.70. The van der Waals surface area contributed by atoms with Gasteiger partial charge >= 0.3 is 6.03 Å². The topological polar surface area (TPSA) is 74.3 Å². The zero-order valence-corrected chi connectivity index (χ0v) is 17.5. The summed E-state index contributed by atoms with van der Waals surface area (Å²) in [6.07, 6.45) is 1.83. The largest absolute Gasteiger partial charge is 0.348 e. The lowest BCUT2D eigenvalue weighted by atomic mass is 10.0. The van der Waals surface area contributed by atoms with Crippen LogP contribution in [0.2, 0.25) is 0 Å². The zero-order valence-electron chi connectivity index (χ0n) is 15.8. The van der Waals surface area contributed by atoms with E-state index in [4.69, 9.17) is 0 Å². The summed E-state index contributed by atoms with van der Waals surface area (Å²) in [5, 5.41) is 10.5. The molecule has 6 nitrogen and oxygen atoms in total. The van der Waals surface area contributed by atoms with Crippen molar-refractivity contribution in [1.29, 1.82) is 0 Å². The molecule has 3 amide bonds. The fourth-order valence-corrected chi connectivity index (χ4v) is 4.91. The van der Waals surface area contributed by atoms with E-state index in [1.165, 1.54) is 16.9 Å². The normalized spacial score (nSPS) is 15.0. The van der Waals surface area contributed by atoms with Crippen molar-refractivity contribution in [2.24, 2.45) is 0 Å². The van der Waals surface area contributed by atoms with Crippen LogP contribution in [0.4, 0.5) is 9.93 Å². The van der Waals surface area contributed by atoms with Crippen molar-refractivity contribution in [3.8, 4) is 0 Å². The molecule has 1 aliphatic heterocycles. The van der Waals surface area contributed by atoms with Crippen molar-refractivity contribution in [1.82, 2.24) is 15.6 Å². The lowest BCUT2D eigenvalue weighted by Gasteiger charge is -2.24. The van der Waals surface area contributed by atoms with Crippen LogP contribution in [0.25, 0.3) is 0 Å². The molecule has 1 fully saturated rings. The molecule has 4 rings (SSSR count). The summed E-state index contributed by atoms with van der Waals surface area (Å²) in [6.45, 7) is 1.35. The van der Waals surface area contributed by atoms with Crippen molar-refractivity contribution < 1.29 is 9.59 Å². The summed E-state index contributed by atoms with van der Waals surface area (Å²) < 4.78 is 0. The van der Waals surface area contributed by atoms with E-state index < -0.39 is 0 Å². The molecule has 1 atom stereocenters. The standard InChI is InChI=1S/C21H22N4O2S2/c26-19(13-16-14-29-21(23-16)25-10-5-9-22-20(25)27)24-17(18-8-4-11-28-18)12-15-6-2-1-3-7-15/h1-4,6-8,11,14,17H,5,9-10,12-13H2,(H,22,27)(H,24,26). The molecule has 3 aromatic rings. The molecule has 2 aromatic heterocycles. The maximum atomic E-state index is 12.7. The number of anilines is 1. The van der Waals surface area contributed by atoms with Gasteiger partial charge in [-0.3, -0.25) is 9.69 Å². The van der Waals surface area contributed by atoms with Crippen molar-refractivity contribution in [2.75, 3.05) is 18.0 Å². The van der Waals surface area contributed by atoms with Crippen molar-refractivity contribution >= 4 is 39.7 Å². The summed E-state index contributed by atoms with van der Waals surface area (Å²) in [5.74, 6) is -0.0701. The van der Waals surface area contributed by atoms with Crippen LogP contribution in [-0.2, 0) is 17.6 Å². The van der Waals surface area contributed by atoms with Crippen molar-refractivity contribution in [3.05, 3.63) is 69.4 Å².